The molecule has 0 heterocycles. The summed E-state index contributed by atoms with van der Waals surface area (Å²) in [5.41, 5.74) is -0.0443. The fourth-order valence-corrected chi connectivity index (χ4v) is 0.996. The third-order valence-electron chi connectivity index (χ3n) is 1.82. The first-order valence-electron chi connectivity index (χ1n) is 4.67. The second-order valence-electron chi connectivity index (χ2n) is 3.62. The SMILES string of the molecule is CC(C)(CCO)NCCOCCO. The summed E-state index contributed by atoms with van der Waals surface area (Å²) in [6, 6.07) is 0. The van der Waals surface area contributed by atoms with Gasteiger partial charge in [-0.05, 0) is 20.3 Å². The Morgan fingerprint density at radius 3 is 2.38 bits per heavy atom. The lowest BCUT2D eigenvalue weighted by atomic mass is 10.0. The number of aliphatic hydroxyl groups is 2. The molecular weight excluding hydrogens is 170 g/mol. The van der Waals surface area contributed by atoms with E-state index in [0.29, 0.717) is 13.2 Å². The van der Waals surface area contributed by atoms with E-state index in [4.69, 9.17) is 14.9 Å². The molecule has 0 aliphatic heterocycles. The Balaban J connectivity index is 3.29. The summed E-state index contributed by atoms with van der Waals surface area (Å²) in [7, 11) is 0. The molecule has 0 rings (SSSR count). The van der Waals surface area contributed by atoms with Crippen LogP contribution >= 0.6 is 0 Å². The van der Waals surface area contributed by atoms with Crippen LogP contribution in [0, 0.1) is 0 Å². The van der Waals surface area contributed by atoms with Crippen molar-refractivity contribution in [2.75, 3.05) is 33.0 Å². The molecule has 80 valence electrons. The molecule has 4 nitrogen and oxygen atoms in total. The number of hydrogen-bond donors (Lipinski definition) is 3. The van der Waals surface area contributed by atoms with Gasteiger partial charge in [-0.1, -0.05) is 0 Å². The van der Waals surface area contributed by atoms with Crippen LogP contribution in [0.4, 0.5) is 0 Å². The predicted molar refractivity (Wildman–Crippen MR) is 51.7 cm³/mol. The molecule has 0 aromatic rings. The average molecular weight is 191 g/mol. The van der Waals surface area contributed by atoms with E-state index in [1.807, 2.05) is 13.8 Å². The maximum Gasteiger partial charge on any atom is 0.0698 e. The normalized spacial score (nSPS) is 12.0. The van der Waals surface area contributed by atoms with E-state index in [0.717, 1.165) is 13.0 Å². The second-order valence-corrected chi connectivity index (χ2v) is 3.62. The Hall–Kier alpha value is -0.160. The molecular formula is C9H21NO3. The zero-order chi connectivity index (χ0) is 10.2. The minimum absolute atomic E-state index is 0.0443. The van der Waals surface area contributed by atoms with Gasteiger partial charge in [-0.15, -0.1) is 0 Å². The average Bonchev–Trinajstić information content (AvgIpc) is 2.04. The molecule has 13 heavy (non-hydrogen) atoms. The van der Waals surface area contributed by atoms with Gasteiger partial charge in [-0.2, -0.15) is 0 Å². The van der Waals surface area contributed by atoms with Crippen molar-refractivity contribution in [3.05, 3.63) is 0 Å². The van der Waals surface area contributed by atoms with Gasteiger partial charge >= 0.3 is 0 Å². The van der Waals surface area contributed by atoms with Crippen molar-refractivity contribution in [1.29, 1.82) is 0 Å². The quantitative estimate of drug-likeness (QED) is 0.463. The number of ether oxygens (including phenoxy) is 1. The van der Waals surface area contributed by atoms with Crippen molar-refractivity contribution in [1.82, 2.24) is 5.32 Å². The largest absolute Gasteiger partial charge is 0.396 e. The summed E-state index contributed by atoms with van der Waals surface area (Å²) in [5, 5.41) is 20.4. The number of hydrogen-bond acceptors (Lipinski definition) is 4. The fourth-order valence-electron chi connectivity index (χ4n) is 0.996. The van der Waals surface area contributed by atoms with Gasteiger partial charge in [0.1, 0.15) is 0 Å². The lowest BCUT2D eigenvalue weighted by molar-refractivity contribution is 0.0891. The molecule has 0 saturated carbocycles. The molecule has 0 aromatic heterocycles. The van der Waals surface area contributed by atoms with Crippen molar-refractivity contribution in [2.45, 2.75) is 25.8 Å². The van der Waals surface area contributed by atoms with Crippen LogP contribution in [0.3, 0.4) is 0 Å². The lowest BCUT2D eigenvalue weighted by Gasteiger charge is -2.25. The summed E-state index contributed by atoms with van der Waals surface area (Å²) in [4.78, 5) is 0. The first-order chi connectivity index (χ1) is 6.12. The van der Waals surface area contributed by atoms with Crippen LogP contribution in [0.5, 0.6) is 0 Å². The lowest BCUT2D eigenvalue weighted by Crippen LogP contribution is -2.41. The van der Waals surface area contributed by atoms with Gasteiger partial charge in [0.2, 0.25) is 0 Å². The van der Waals surface area contributed by atoms with Gasteiger partial charge in [0.05, 0.1) is 19.8 Å². The van der Waals surface area contributed by atoms with E-state index < -0.39 is 0 Å². The number of nitrogens with one attached hydrogen (secondary N) is 1. The highest BCUT2D eigenvalue weighted by molar-refractivity contribution is 4.76. The van der Waals surface area contributed by atoms with Gasteiger partial charge in [0.25, 0.3) is 0 Å². The summed E-state index contributed by atoms with van der Waals surface area (Å²) < 4.78 is 5.08. The van der Waals surface area contributed by atoms with E-state index in [-0.39, 0.29) is 18.8 Å². The monoisotopic (exact) mass is 191 g/mol. The summed E-state index contributed by atoms with van der Waals surface area (Å²) in [6.45, 7) is 6.06. The topological polar surface area (TPSA) is 61.7 Å². The molecule has 3 N–H and O–H groups in total. The standard InChI is InChI=1S/C9H21NO3/c1-9(2,3-5-11)10-4-7-13-8-6-12/h10-12H,3-8H2,1-2H3. The fraction of sp³-hybridized carbons (Fsp3) is 1.00. The van der Waals surface area contributed by atoms with E-state index in [1.54, 1.807) is 0 Å². The molecule has 0 saturated heterocycles. The molecule has 0 aliphatic carbocycles. The van der Waals surface area contributed by atoms with Gasteiger partial charge in [-0.25, -0.2) is 0 Å². The number of rotatable bonds is 8. The molecule has 0 atom stereocenters. The predicted octanol–water partition coefficient (Wildman–Crippen LogP) is -0.254. The molecule has 0 aromatic carbocycles. The van der Waals surface area contributed by atoms with Crippen LogP contribution < -0.4 is 5.32 Å². The van der Waals surface area contributed by atoms with E-state index in [9.17, 15) is 0 Å². The smallest absolute Gasteiger partial charge is 0.0698 e. The third-order valence-corrected chi connectivity index (χ3v) is 1.82. The molecule has 0 spiro atoms. The van der Waals surface area contributed by atoms with E-state index in [2.05, 4.69) is 5.32 Å². The van der Waals surface area contributed by atoms with Gasteiger partial charge in [-0.3, -0.25) is 0 Å². The van der Waals surface area contributed by atoms with Crippen LogP contribution in [0.1, 0.15) is 20.3 Å². The maximum atomic E-state index is 8.74. The summed E-state index contributed by atoms with van der Waals surface area (Å²) in [6.07, 6.45) is 0.729. The third kappa shape index (κ3) is 8.18. The van der Waals surface area contributed by atoms with E-state index in [1.165, 1.54) is 0 Å². The maximum absolute atomic E-state index is 8.74. The van der Waals surface area contributed by atoms with Crippen LogP contribution in [0.25, 0.3) is 0 Å². The second kappa shape index (κ2) is 7.26. The Morgan fingerprint density at radius 1 is 1.15 bits per heavy atom. The Kier molecular flexibility index (Phi) is 7.17. The molecule has 0 fully saturated rings. The molecule has 4 heteroatoms. The molecule has 0 radical (unpaired) electrons. The van der Waals surface area contributed by atoms with Crippen LogP contribution in [0.15, 0.2) is 0 Å². The molecule has 0 bridgehead atoms. The van der Waals surface area contributed by atoms with Gasteiger partial charge < -0.3 is 20.3 Å². The summed E-state index contributed by atoms with van der Waals surface area (Å²) >= 11 is 0. The molecule has 0 unspecified atom stereocenters. The minimum atomic E-state index is -0.0443. The Labute approximate surface area is 79.9 Å². The van der Waals surface area contributed by atoms with Crippen LogP contribution in [-0.4, -0.2) is 48.7 Å². The van der Waals surface area contributed by atoms with Gasteiger partial charge in [0, 0.05) is 18.7 Å². The first kappa shape index (κ1) is 12.8. The Morgan fingerprint density at radius 2 is 1.85 bits per heavy atom. The van der Waals surface area contributed by atoms with E-state index >= 15 is 0 Å². The van der Waals surface area contributed by atoms with Crippen molar-refractivity contribution < 1.29 is 14.9 Å². The first-order valence-corrected chi connectivity index (χ1v) is 4.67. The van der Waals surface area contributed by atoms with Crippen LogP contribution in [0.2, 0.25) is 0 Å². The van der Waals surface area contributed by atoms with Crippen molar-refractivity contribution in [3.8, 4) is 0 Å². The molecule has 0 amide bonds. The van der Waals surface area contributed by atoms with Crippen molar-refractivity contribution >= 4 is 0 Å². The Bertz CT molecular complexity index is 117. The summed E-state index contributed by atoms with van der Waals surface area (Å²) in [5.74, 6) is 0. The highest BCUT2D eigenvalue weighted by Crippen LogP contribution is 2.05. The number of aliphatic hydroxyl groups excluding tert-OH is 2. The highest BCUT2D eigenvalue weighted by atomic mass is 16.5. The zero-order valence-electron chi connectivity index (χ0n) is 8.55. The van der Waals surface area contributed by atoms with Crippen LogP contribution in [-0.2, 0) is 4.74 Å². The highest BCUT2D eigenvalue weighted by Gasteiger charge is 2.14. The van der Waals surface area contributed by atoms with Gasteiger partial charge in [0.15, 0.2) is 0 Å². The zero-order valence-corrected chi connectivity index (χ0v) is 8.55. The van der Waals surface area contributed by atoms with Crippen molar-refractivity contribution in [2.24, 2.45) is 0 Å². The van der Waals surface area contributed by atoms with Crippen molar-refractivity contribution in [3.63, 3.8) is 0 Å². The minimum Gasteiger partial charge on any atom is -0.396 e. The molecule has 0 aliphatic rings.